The van der Waals surface area contributed by atoms with E-state index in [0.717, 1.165) is 23.2 Å². The third-order valence-corrected chi connectivity index (χ3v) is 3.69. The van der Waals surface area contributed by atoms with Crippen LogP contribution in [-0.2, 0) is 4.79 Å². The summed E-state index contributed by atoms with van der Waals surface area (Å²) in [5, 5.41) is 6.30. The molecule has 0 atom stereocenters. The molecule has 2 N–H and O–H groups in total. The Morgan fingerprint density at radius 3 is 2.22 bits per heavy atom. The van der Waals surface area contributed by atoms with Crippen molar-refractivity contribution in [3.05, 3.63) is 24.3 Å². The van der Waals surface area contributed by atoms with Gasteiger partial charge in [-0.05, 0) is 48.9 Å². The molecule has 0 radical (unpaired) electrons. The summed E-state index contributed by atoms with van der Waals surface area (Å²) >= 11 is 0. The fourth-order valence-corrected chi connectivity index (χ4v) is 2.41. The first-order valence-corrected chi connectivity index (χ1v) is 6.69. The predicted octanol–water partition coefficient (Wildman–Crippen LogP) is 3.49. The summed E-state index contributed by atoms with van der Waals surface area (Å²) in [5.74, 6) is 1.64. The molecule has 1 aromatic carbocycles. The maximum Gasteiger partial charge on any atom is 0.221 e. The van der Waals surface area contributed by atoms with Crippen LogP contribution < -0.4 is 10.6 Å². The normalized spacial score (nSPS) is 22.4. The van der Waals surface area contributed by atoms with Gasteiger partial charge in [0.1, 0.15) is 0 Å². The molecule has 0 aromatic heterocycles. The predicted molar refractivity (Wildman–Crippen MR) is 75.7 cm³/mol. The van der Waals surface area contributed by atoms with Crippen molar-refractivity contribution < 1.29 is 4.79 Å². The van der Waals surface area contributed by atoms with Gasteiger partial charge in [0.05, 0.1) is 0 Å². The van der Waals surface area contributed by atoms with E-state index in [1.165, 1.54) is 19.8 Å². The van der Waals surface area contributed by atoms with Crippen LogP contribution in [0.1, 0.15) is 33.6 Å². The lowest BCUT2D eigenvalue weighted by atomic mass is 9.73. The number of amides is 1. The highest BCUT2D eigenvalue weighted by atomic mass is 16.1. The summed E-state index contributed by atoms with van der Waals surface area (Å²) in [6.45, 7) is 6.11. The first-order valence-electron chi connectivity index (χ1n) is 6.69. The quantitative estimate of drug-likeness (QED) is 0.853. The summed E-state index contributed by atoms with van der Waals surface area (Å²) in [5.41, 5.74) is 1.98. The number of hydrogen-bond acceptors (Lipinski definition) is 2. The fraction of sp³-hybridized carbons (Fsp3) is 0.533. The van der Waals surface area contributed by atoms with Gasteiger partial charge in [-0.3, -0.25) is 4.79 Å². The standard InChI is InChI=1S/C15H22N2O/c1-10(2)12-8-15(9-12)17-14-6-4-13(5-7-14)16-11(3)18/h4-7,10,12,15,17H,8-9H2,1-3H3,(H,16,18). The smallest absolute Gasteiger partial charge is 0.221 e. The lowest BCUT2D eigenvalue weighted by Gasteiger charge is -2.39. The molecule has 98 valence electrons. The zero-order valence-corrected chi connectivity index (χ0v) is 11.4. The van der Waals surface area contributed by atoms with Gasteiger partial charge < -0.3 is 10.6 Å². The minimum absolute atomic E-state index is 0.0329. The van der Waals surface area contributed by atoms with Gasteiger partial charge in [-0.1, -0.05) is 13.8 Å². The minimum atomic E-state index is -0.0329. The Bertz CT molecular complexity index is 405. The molecule has 1 fully saturated rings. The maximum absolute atomic E-state index is 10.9. The summed E-state index contributed by atoms with van der Waals surface area (Å²) in [6, 6.07) is 8.52. The van der Waals surface area contributed by atoms with Gasteiger partial charge in [0.25, 0.3) is 0 Å². The number of hydrogen-bond donors (Lipinski definition) is 2. The molecule has 0 aliphatic heterocycles. The van der Waals surface area contributed by atoms with E-state index in [-0.39, 0.29) is 5.91 Å². The number of anilines is 2. The number of rotatable bonds is 4. The Morgan fingerprint density at radius 1 is 1.17 bits per heavy atom. The van der Waals surface area contributed by atoms with Crippen molar-refractivity contribution in [2.45, 2.75) is 39.7 Å². The molecule has 0 spiro atoms. The third kappa shape index (κ3) is 3.25. The molecule has 1 aliphatic carbocycles. The van der Waals surface area contributed by atoms with Crippen molar-refractivity contribution in [3.63, 3.8) is 0 Å². The van der Waals surface area contributed by atoms with Gasteiger partial charge >= 0.3 is 0 Å². The summed E-state index contributed by atoms with van der Waals surface area (Å²) in [6.07, 6.45) is 2.54. The summed E-state index contributed by atoms with van der Waals surface area (Å²) < 4.78 is 0. The maximum atomic E-state index is 10.9. The number of benzene rings is 1. The van der Waals surface area contributed by atoms with Crippen LogP contribution in [0.25, 0.3) is 0 Å². The fourth-order valence-electron chi connectivity index (χ4n) is 2.41. The Kier molecular flexibility index (Phi) is 3.90. The van der Waals surface area contributed by atoms with Crippen LogP contribution >= 0.6 is 0 Å². The lowest BCUT2D eigenvalue weighted by molar-refractivity contribution is -0.114. The first kappa shape index (κ1) is 12.9. The highest BCUT2D eigenvalue weighted by molar-refractivity contribution is 5.88. The van der Waals surface area contributed by atoms with E-state index in [1.54, 1.807) is 0 Å². The van der Waals surface area contributed by atoms with Crippen LogP contribution in [0.15, 0.2) is 24.3 Å². The van der Waals surface area contributed by atoms with Crippen LogP contribution in [0.3, 0.4) is 0 Å². The molecule has 1 amide bonds. The molecule has 18 heavy (non-hydrogen) atoms. The molecule has 3 nitrogen and oxygen atoms in total. The van der Waals surface area contributed by atoms with E-state index < -0.39 is 0 Å². The van der Waals surface area contributed by atoms with Crippen LogP contribution in [-0.4, -0.2) is 11.9 Å². The SMILES string of the molecule is CC(=O)Nc1ccc(NC2CC(C(C)C)C2)cc1. The van der Waals surface area contributed by atoms with E-state index in [9.17, 15) is 4.79 Å². The lowest BCUT2D eigenvalue weighted by Crippen LogP contribution is -2.37. The van der Waals surface area contributed by atoms with Crippen molar-refractivity contribution in [1.29, 1.82) is 0 Å². The third-order valence-electron chi connectivity index (χ3n) is 3.69. The number of nitrogens with one attached hydrogen (secondary N) is 2. The van der Waals surface area contributed by atoms with Gasteiger partial charge in [0, 0.05) is 24.3 Å². The van der Waals surface area contributed by atoms with E-state index in [0.29, 0.717) is 6.04 Å². The topological polar surface area (TPSA) is 41.1 Å². The Hall–Kier alpha value is -1.51. The van der Waals surface area contributed by atoms with Gasteiger partial charge in [0.15, 0.2) is 0 Å². The van der Waals surface area contributed by atoms with Crippen LogP contribution in [0.2, 0.25) is 0 Å². The molecule has 1 aromatic rings. The average molecular weight is 246 g/mol. The monoisotopic (exact) mass is 246 g/mol. The van der Waals surface area contributed by atoms with Crippen LogP contribution in [0, 0.1) is 11.8 Å². The summed E-state index contributed by atoms with van der Waals surface area (Å²) in [7, 11) is 0. The first-order chi connectivity index (χ1) is 8.54. The van der Waals surface area contributed by atoms with Gasteiger partial charge in [-0.2, -0.15) is 0 Å². The van der Waals surface area contributed by atoms with E-state index in [4.69, 9.17) is 0 Å². The Balaban J connectivity index is 1.82. The molecular weight excluding hydrogens is 224 g/mol. The van der Waals surface area contributed by atoms with Crippen molar-refractivity contribution in [1.82, 2.24) is 0 Å². The van der Waals surface area contributed by atoms with Crippen LogP contribution in [0.5, 0.6) is 0 Å². The molecule has 2 rings (SSSR count). The molecule has 0 unspecified atom stereocenters. The largest absolute Gasteiger partial charge is 0.382 e. The van der Waals surface area contributed by atoms with Crippen molar-refractivity contribution >= 4 is 17.3 Å². The van der Waals surface area contributed by atoms with Crippen molar-refractivity contribution in [2.24, 2.45) is 11.8 Å². The van der Waals surface area contributed by atoms with Gasteiger partial charge in [0.2, 0.25) is 5.91 Å². The number of carbonyl (C=O) groups excluding carboxylic acids is 1. The molecule has 1 aliphatic rings. The molecule has 0 bridgehead atoms. The minimum Gasteiger partial charge on any atom is -0.382 e. The van der Waals surface area contributed by atoms with Gasteiger partial charge in [-0.15, -0.1) is 0 Å². The molecule has 0 heterocycles. The second kappa shape index (κ2) is 5.42. The Labute approximate surface area is 109 Å². The summed E-state index contributed by atoms with van der Waals surface area (Å²) in [4.78, 5) is 10.9. The molecule has 0 saturated heterocycles. The number of carbonyl (C=O) groups is 1. The highest BCUT2D eigenvalue weighted by Crippen LogP contribution is 2.35. The van der Waals surface area contributed by atoms with E-state index >= 15 is 0 Å². The molecule has 3 heteroatoms. The van der Waals surface area contributed by atoms with E-state index in [1.807, 2.05) is 24.3 Å². The van der Waals surface area contributed by atoms with E-state index in [2.05, 4.69) is 24.5 Å². The van der Waals surface area contributed by atoms with Crippen molar-refractivity contribution in [3.8, 4) is 0 Å². The average Bonchev–Trinajstić information content (AvgIpc) is 2.23. The zero-order chi connectivity index (χ0) is 13.1. The molecular formula is C15H22N2O. The second-order valence-electron chi connectivity index (χ2n) is 5.58. The Morgan fingerprint density at radius 2 is 1.72 bits per heavy atom. The van der Waals surface area contributed by atoms with Gasteiger partial charge in [-0.25, -0.2) is 0 Å². The zero-order valence-electron chi connectivity index (χ0n) is 11.4. The van der Waals surface area contributed by atoms with Crippen LogP contribution in [0.4, 0.5) is 11.4 Å². The highest BCUT2D eigenvalue weighted by Gasteiger charge is 2.30. The van der Waals surface area contributed by atoms with Crippen molar-refractivity contribution in [2.75, 3.05) is 10.6 Å². The second-order valence-corrected chi connectivity index (χ2v) is 5.58. The molecule has 1 saturated carbocycles.